The smallest absolute Gasteiger partial charge is 0.197 e. The van der Waals surface area contributed by atoms with E-state index < -0.39 is 0 Å². The highest BCUT2D eigenvalue weighted by Crippen LogP contribution is 2.16. The van der Waals surface area contributed by atoms with Gasteiger partial charge in [-0.2, -0.15) is 0 Å². The summed E-state index contributed by atoms with van der Waals surface area (Å²) < 4.78 is 5.74. The average Bonchev–Trinajstić information content (AvgIpc) is 2.44. The lowest BCUT2D eigenvalue weighted by Crippen LogP contribution is -2.30. The van der Waals surface area contributed by atoms with Crippen LogP contribution in [0.1, 0.15) is 11.3 Å². The molecule has 0 radical (unpaired) electrons. The normalized spacial score (nSPS) is 11.4. The van der Waals surface area contributed by atoms with Crippen LogP contribution in [0.2, 0.25) is 0 Å². The van der Waals surface area contributed by atoms with E-state index in [0.29, 0.717) is 53.7 Å². The molecule has 0 aliphatic carbocycles. The van der Waals surface area contributed by atoms with Gasteiger partial charge in [-0.25, -0.2) is 0 Å². The SMILES string of the molecule is Cc1oc2ccccc2c(=O)c1CN(CCCl)CCCl. The molecule has 2 rings (SSSR count). The van der Waals surface area contributed by atoms with Crippen LogP contribution < -0.4 is 5.43 Å². The molecular weight excluding hydrogens is 297 g/mol. The van der Waals surface area contributed by atoms with Gasteiger partial charge in [0, 0.05) is 31.4 Å². The number of hydrogen-bond donors (Lipinski definition) is 0. The molecule has 2 aromatic rings. The van der Waals surface area contributed by atoms with Crippen molar-refractivity contribution in [2.45, 2.75) is 13.5 Å². The van der Waals surface area contributed by atoms with E-state index in [2.05, 4.69) is 4.90 Å². The van der Waals surface area contributed by atoms with Crippen LogP contribution in [0.3, 0.4) is 0 Å². The van der Waals surface area contributed by atoms with Gasteiger partial charge in [0.1, 0.15) is 11.3 Å². The molecule has 0 unspecified atom stereocenters. The second-order valence-corrected chi connectivity index (χ2v) is 5.37. The average molecular weight is 314 g/mol. The summed E-state index contributed by atoms with van der Waals surface area (Å²) in [4.78, 5) is 14.6. The number of halogens is 2. The molecule has 0 bridgehead atoms. The fraction of sp³-hybridized carbons (Fsp3) is 0.400. The highest BCUT2D eigenvalue weighted by molar-refractivity contribution is 6.18. The van der Waals surface area contributed by atoms with Crippen molar-refractivity contribution in [1.29, 1.82) is 0 Å². The van der Waals surface area contributed by atoms with Gasteiger partial charge < -0.3 is 4.42 Å². The Balaban J connectivity index is 2.40. The fourth-order valence-corrected chi connectivity index (χ4v) is 2.69. The molecular formula is C15H17Cl2NO2. The Morgan fingerprint density at radius 1 is 1.15 bits per heavy atom. The van der Waals surface area contributed by atoms with Gasteiger partial charge in [-0.3, -0.25) is 9.69 Å². The number of nitrogens with zero attached hydrogens (tertiary/aromatic N) is 1. The van der Waals surface area contributed by atoms with Crippen LogP contribution in [0.25, 0.3) is 11.0 Å². The Kier molecular flexibility index (Phi) is 5.46. The van der Waals surface area contributed by atoms with Crippen LogP contribution in [0.4, 0.5) is 0 Å². The molecule has 0 saturated heterocycles. The molecule has 0 amide bonds. The van der Waals surface area contributed by atoms with Crippen molar-refractivity contribution in [3.05, 3.63) is 45.8 Å². The lowest BCUT2D eigenvalue weighted by atomic mass is 10.1. The molecule has 1 aromatic carbocycles. The summed E-state index contributed by atoms with van der Waals surface area (Å²) in [6.07, 6.45) is 0. The van der Waals surface area contributed by atoms with Crippen molar-refractivity contribution in [2.24, 2.45) is 0 Å². The predicted molar refractivity (Wildman–Crippen MR) is 83.9 cm³/mol. The molecule has 0 aliphatic rings. The van der Waals surface area contributed by atoms with E-state index in [0.717, 1.165) is 0 Å². The van der Waals surface area contributed by atoms with Crippen LogP contribution >= 0.6 is 23.2 Å². The zero-order chi connectivity index (χ0) is 14.5. The van der Waals surface area contributed by atoms with Gasteiger partial charge in [-0.15, -0.1) is 23.2 Å². The fourth-order valence-electron chi connectivity index (χ4n) is 2.21. The zero-order valence-corrected chi connectivity index (χ0v) is 12.9. The second-order valence-electron chi connectivity index (χ2n) is 4.62. The van der Waals surface area contributed by atoms with Crippen LogP contribution in [0.15, 0.2) is 33.5 Å². The van der Waals surface area contributed by atoms with Crippen molar-refractivity contribution < 1.29 is 4.42 Å². The minimum absolute atomic E-state index is 0.0264. The summed E-state index contributed by atoms with van der Waals surface area (Å²) >= 11 is 11.6. The number of benzene rings is 1. The third-order valence-electron chi connectivity index (χ3n) is 3.28. The first kappa shape index (κ1) is 15.4. The van der Waals surface area contributed by atoms with Gasteiger partial charge >= 0.3 is 0 Å². The molecule has 108 valence electrons. The minimum atomic E-state index is 0.0264. The van der Waals surface area contributed by atoms with Crippen molar-refractivity contribution in [2.75, 3.05) is 24.8 Å². The van der Waals surface area contributed by atoms with E-state index >= 15 is 0 Å². The van der Waals surface area contributed by atoms with Crippen LogP contribution in [0.5, 0.6) is 0 Å². The molecule has 5 heteroatoms. The monoisotopic (exact) mass is 313 g/mol. The van der Waals surface area contributed by atoms with Crippen LogP contribution in [0, 0.1) is 6.92 Å². The Morgan fingerprint density at radius 2 is 1.80 bits per heavy atom. The minimum Gasteiger partial charge on any atom is -0.461 e. The number of rotatable bonds is 6. The third-order valence-corrected chi connectivity index (χ3v) is 3.62. The Morgan fingerprint density at radius 3 is 2.45 bits per heavy atom. The maximum Gasteiger partial charge on any atom is 0.197 e. The van der Waals surface area contributed by atoms with Gasteiger partial charge in [0.2, 0.25) is 0 Å². The number of para-hydroxylation sites is 1. The standard InChI is InChI=1S/C15H17Cl2NO2/c1-11-13(10-18(8-6-16)9-7-17)15(19)12-4-2-3-5-14(12)20-11/h2-5H,6-10H2,1H3. The number of aryl methyl sites for hydroxylation is 1. The van der Waals surface area contributed by atoms with E-state index in [1.165, 1.54) is 0 Å². The molecule has 1 heterocycles. The molecule has 0 spiro atoms. The Bertz CT molecular complexity index is 633. The number of hydrogen-bond acceptors (Lipinski definition) is 3. The van der Waals surface area contributed by atoms with E-state index in [4.69, 9.17) is 27.6 Å². The van der Waals surface area contributed by atoms with E-state index in [1.807, 2.05) is 25.1 Å². The third kappa shape index (κ3) is 3.35. The Labute approximate surface area is 128 Å². The van der Waals surface area contributed by atoms with Gasteiger partial charge in [0.05, 0.1) is 10.9 Å². The predicted octanol–water partition coefficient (Wildman–Crippen LogP) is 3.38. The number of fused-ring (bicyclic) bond motifs is 1. The van der Waals surface area contributed by atoms with Crippen molar-refractivity contribution in [3.63, 3.8) is 0 Å². The Hall–Kier alpha value is -1.03. The molecule has 0 fully saturated rings. The van der Waals surface area contributed by atoms with Crippen molar-refractivity contribution in [3.8, 4) is 0 Å². The van der Waals surface area contributed by atoms with E-state index in [-0.39, 0.29) is 5.43 Å². The van der Waals surface area contributed by atoms with Gasteiger partial charge in [-0.05, 0) is 19.1 Å². The topological polar surface area (TPSA) is 33.5 Å². The summed E-state index contributed by atoms with van der Waals surface area (Å²) in [6.45, 7) is 3.72. The first-order valence-electron chi connectivity index (χ1n) is 6.53. The summed E-state index contributed by atoms with van der Waals surface area (Å²) in [5, 5.41) is 0.616. The van der Waals surface area contributed by atoms with Gasteiger partial charge in [0.25, 0.3) is 0 Å². The first-order valence-corrected chi connectivity index (χ1v) is 7.60. The molecule has 3 nitrogen and oxygen atoms in total. The molecule has 20 heavy (non-hydrogen) atoms. The summed E-state index contributed by atoms with van der Waals surface area (Å²) in [5.74, 6) is 1.67. The molecule has 0 aliphatic heterocycles. The number of alkyl halides is 2. The van der Waals surface area contributed by atoms with E-state index in [1.54, 1.807) is 6.07 Å². The highest BCUT2D eigenvalue weighted by Gasteiger charge is 2.14. The molecule has 0 N–H and O–H groups in total. The van der Waals surface area contributed by atoms with Crippen LogP contribution in [-0.2, 0) is 6.54 Å². The van der Waals surface area contributed by atoms with Gasteiger partial charge in [-0.1, -0.05) is 12.1 Å². The van der Waals surface area contributed by atoms with E-state index in [9.17, 15) is 4.79 Å². The highest BCUT2D eigenvalue weighted by atomic mass is 35.5. The van der Waals surface area contributed by atoms with Crippen molar-refractivity contribution >= 4 is 34.2 Å². The maximum absolute atomic E-state index is 12.5. The molecule has 0 saturated carbocycles. The largest absolute Gasteiger partial charge is 0.461 e. The lowest BCUT2D eigenvalue weighted by molar-refractivity contribution is 0.294. The lowest BCUT2D eigenvalue weighted by Gasteiger charge is -2.20. The van der Waals surface area contributed by atoms with Crippen LogP contribution in [-0.4, -0.2) is 29.7 Å². The second kappa shape index (κ2) is 7.11. The summed E-state index contributed by atoms with van der Waals surface area (Å²) in [7, 11) is 0. The molecule has 0 atom stereocenters. The molecule has 1 aromatic heterocycles. The van der Waals surface area contributed by atoms with Gasteiger partial charge in [0.15, 0.2) is 5.43 Å². The zero-order valence-electron chi connectivity index (χ0n) is 11.4. The summed E-state index contributed by atoms with van der Waals surface area (Å²) in [5.41, 5.74) is 1.33. The maximum atomic E-state index is 12.5. The van der Waals surface area contributed by atoms with Crippen molar-refractivity contribution in [1.82, 2.24) is 4.90 Å². The quantitative estimate of drug-likeness (QED) is 0.767. The first-order chi connectivity index (χ1) is 9.67. The summed E-state index contributed by atoms with van der Waals surface area (Å²) in [6, 6.07) is 7.30.